The number of imidazole rings is 1. The van der Waals surface area contributed by atoms with E-state index in [2.05, 4.69) is 10.3 Å². The highest BCUT2D eigenvalue weighted by Gasteiger charge is 2.10. The molecule has 0 unspecified atom stereocenters. The highest BCUT2D eigenvalue weighted by atomic mass is 16.1. The first kappa shape index (κ1) is 8.74. The first-order valence-corrected chi connectivity index (χ1v) is 4.38. The Kier molecular flexibility index (Phi) is 1.96. The summed E-state index contributed by atoms with van der Waals surface area (Å²) in [6, 6.07) is 3.63. The van der Waals surface area contributed by atoms with Crippen LogP contribution in [-0.2, 0) is 0 Å². The van der Waals surface area contributed by atoms with Gasteiger partial charge in [-0.05, 0) is 19.1 Å². The molecule has 0 fully saturated rings. The SMILES string of the molecule is CNC(=O)c1cccn2cnc(C)c12. The van der Waals surface area contributed by atoms with Gasteiger partial charge in [0.25, 0.3) is 5.91 Å². The Morgan fingerprint density at radius 2 is 2.36 bits per heavy atom. The molecule has 0 radical (unpaired) electrons. The van der Waals surface area contributed by atoms with Gasteiger partial charge < -0.3 is 9.72 Å². The van der Waals surface area contributed by atoms with Crippen LogP contribution in [0, 0.1) is 6.92 Å². The molecule has 72 valence electrons. The van der Waals surface area contributed by atoms with Gasteiger partial charge in [-0.1, -0.05) is 0 Å². The summed E-state index contributed by atoms with van der Waals surface area (Å²) in [5.41, 5.74) is 2.39. The summed E-state index contributed by atoms with van der Waals surface area (Å²) in [7, 11) is 1.62. The number of fused-ring (bicyclic) bond motifs is 1. The Morgan fingerprint density at radius 3 is 3.07 bits per heavy atom. The van der Waals surface area contributed by atoms with Crippen LogP contribution in [0.15, 0.2) is 24.7 Å². The van der Waals surface area contributed by atoms with Crippen LogP contribution in [0.5, 0.6) is 0 Å². The largest absolute Gasteiger partial charge is 0.355 e. The van der Waals surface area contributed by atoms with Crippen LogP contribution in [0.25, 0.3) is 5.52 Å². The summed E-state index contributed by atoms with van der Waals surface area (Å²) in [6.45, 7) is 1.89. The number of aromatic nitrogens is 2. The number of nitrogens with one attached hydrogen (secondary N) is 1. The van der Waals surface area contributed by atoms with Crippen molar-refractivity contribution < 1.29 is 4.79 Å². The number of amides is 1. The van der Waals surface area contributed by atoms with Crippen molar-refractivity contribution in [1.29, 1.82) is 0 Å². The van der Waals surface area contributed by atoms with Gasteiger partial charge in [0, 0.05) is 13.2 Å². The van der Waals surface area contributed by atoms with Crippen molar-refractivity contribution in [1.82, 2.24) is 14.7 Å². The zero-order valence-electron chi connectivity index (χ0n) is 8.11. The minimum Gasteiger partial charge on any atom is -0.355 e. The van der Waals surface area contributed by atoms with E-state index in [0.717, 1.165) is 11.2 Å². The fourth-order valence-electron chi connectivity index (χ4n) is 1.53. The van der Waals surface area contributed by atoms with Crippen LogP contribution >= 0.6 is 0 Å². The number of hydrogen-bond donors (Lipinski definition) is 1. The number of carbonyl (C=O) groups excluding carboxylic acids is 1. The quantitative estimate of drug-likeness (QED) is 0.727. The van der Waals surface area contributed by atoms with E-state index in [1.807, 2.05) is 23.6 Å². The van der Waals surface area contributed by atoms with Crippen molar-refractivity contribution in [3.8, 4) is 0 Å². The zero-order valence-corrected chi connectivity index (χ0v) is 8.11. The number of rotatable bonds is 1. The molecular weight excluding hydrogens is 178 g/mol. The van der Waals surface area contributed by atoms with Crippen molar-refractivity contribution >= 4 is 11.4 Å². The second-order valence-corrected chi connectivity index (χ2v) is 3.09. The Morgan fingerprint density at radius 1 is 1.57 bits per heavy atom. The maximum atomic E-state index is 11.5. The van der Waals surface area contributed by atoms with Gasteiger partial charge in [-0.25, -0.2) is 4.98 Å². The van der Waals surface area contributed by atoms with Crippen molar-refractivity contribution in [2.45, 2.75) is 6.92 Å². The van der Waals surface area contributed by atoms with E-state index in [0.29, 0.717) is 5.56 Å². The molecule has 4 heteroatoms. The first-order valence-electron chi connectivity index (χ1n) is 4.38. The minimum atomic E-state index is -0.0841. The average molecular weight is 189 g/mol. The molecule has 0 saturated carbocycles. The highest BCUT2D eigenvalue weighted by molar-refractivity contribution is 6.01. The predicted octanol–water partition coefficient (Wildman–Crippen LogP) is 1.00. The lowest BCUT2D eigenvalue weighted by Gasteiger charge is -2.02. The first-order chi connectivity index (χ1) is 6.74. The number of nitrogens with zero attached hydrogens (tertiary/aromatic N) is 2. The summed E-state index contributed by atoms with van der Waals surface area (Å²) >= 11 is 0. The lowest BCUT2D eigenvalue weighted by molar-refractivity contribution is 0.0964. The molecule has 4 nitrogen and oxygen atoms in total. The van der Waals surface area contributed by atoms with E-state index in [-0.39, 0.29) is 5.91 Å². The molecule has 14 heavy (non-hydrogen) atoms. The van der Waals surface area contributed by atoms with E-state index < -0.39 is 0 Å². The molecule has 0 bridgehead atoms. The summed E-state index contributed by atoms with van der Waals surface area (Å²) in [5, 5.41) is 2.61. The Bertz CT molecular complexity index is 487. The minimum absolute atomic E-state index is 0.0841. The van der Waals surface area contributed by atoms with Crippen molar-refractivity contribution in [2.24, 2.45) is 0 Å². The molecule has 2 aromatic rings. The van der Waals surface area contributed by atoms with Crippen LogP contribution in [0.2, 0.25) is 0 Å². The van der Waals surface area contributed by atoms with Crippen molar-refractivity contribution in [3.63, 3.8) is 0 Å². The number of pyridine rings is 1. The Balaban J connectivity index is 2.75. The van der Waals surface area contributed by atoms with Gasteiger partial charge in [0.05, 0.1) is 23.1 Å². The maximum absolute atomic E-state index is 11.5. The second-order valence-electron chi connectivity index (χ2n) is 3.09. The molecule has 2 heterocycles. The molecule has 0 aliphatic carbocycles. The summed E-state index contributed by atoms with van der Waals surface area (Å²) < 4.78 is 1.85. The van der Waals surface area contributed by atoms with Crippen LogP contribution < -0.4 is 5.32 Å². The standard InChI is InChI=1S/C10H11N3O/c1-7-9-8(10(14)11-2)4-3-5-13(9)6-12-7/h3-6H,1-2H3,(H,11,14). The van der Waals surface area contributed by atoms with Gasteiger partial charge in [-0.15, -0.1) is 0 Å². The average Bonchev–Trinajstić information content (AvgIpc) is 2.59. The molecule has 2 aromatic heterocycles. The topological polar surface area (TPSA) is 46.4 Å². The lowest BCUT2D eigenvalue weighted by atomic mass is 10.2. The van der Waals surface area contributed by atoms with Crippen molar-refractivity contribution in [3.05, 3.63) is 35.9 Å². The molecule has 0 aromatic carbocycles. The number of hydrogen-bond acceptors (Lipinski definition) is 2. The van der Waals surface area contributed by atoms with Gasteiger partial charge in [0.15, 0.2) is 0 Å². The fourth-order valence-corrected chi connectivity index (χ4v) is 1.53. The molecule has 0 atom stereocenters. The molecule has 1 N–H and O–H groups in total. The van der Waals surface area contributed by atoms with Gasteiger partial charge in [-0.2, -0.15) is 0 Å². The molecular formula is C10H11N3O. The number of carbonyl (C=O) groups is 1. The monoisotopic (exact) mass is 189 g/mol. The van der Waals surface area contributed by atoms with E-state index in [1.165, 1.54) is 0 Å². The van der Waals surface area contributed by atoms with Crippen LogP contribution in [0.3, 0.4) is 0 Å². The highest BCUT2D eigenvalue weighted by Crippen LogP contribution is 2.13. The molecule has 0 saturated heterocycles. The van der Waals surface area contributed by atoms with E-state index in [9.17, 15) is 4.79 Å². The zero-order chi connectivity index (χ0) is 10.1. The number of aryl methyl sites for hydroxylation is 1. The van der Waals surface area contributed by atoms with Gasteiger partial charge in [-0.3, -0.25) is 4.79 Å². The van der Waals surface area contributed by atoms with Gasteiger partial charge in [0.2, 0.25) is 0 Å². The third-order valence-electron chi connectivity index (χ3n) is 2.21. The molecule has 0 aliphatic heterocycles. The predicted molar refractivity (Wildman–Crippen MR) is 53.3 cm³/mol. The second kappa shape index (κ2) is 3.14. The third kappa shape index (κ3) is 1.16. The van der Waals surface area contributed by atoms with Gasteiger partial charge >= 0.3 is 0 Å². The van der Waals surface area contributed by atoms with Crippen LogP contribution in [0.1, 0.15) is 16.1 Å². The Hall–Kier alpha value is -1.84. The molecule has 0 spiro atoms. The van der Waals surface area contributed by atoms with E-state index in [4.69, 9.17) is 0 Å². The summed E-state index contributed by atoms with van der Waals surface area (Å²) in [4.78, 5) is 15.7. The fraction of sp³-hybridized carbons (Fsp3) is 0.200. The van der Waals surface area contributed by atoms with Gasteiger partial charge in [0.1, 0.15) is 0 Å². The van der Waals surface area contributed by atoms with Crippen LogP contribution in [0.4, 0.5) is 0 Å². The molecule has 0 aliphatic rings. The maximum Gasteiger partial charge on any atom is 0.253 e. The molecule has 2 rings (SSSR count). The van der Waals surface area contributed by atoms with Crippen molar-refractivity contribution in [2.75, 3.05) is 7.05 Å². The Labute approximate surface area is 81.6 Å². The smallest absolute Gasteiger partial charge is 0.253 e. The van der Waals surface area contributed by atoms with E-state index >= 15 is 0 Å². The third-order valence-corrected chi connectivity index (χ3v) is 2.21. The molecule has 1 amide bonds. The lowest BCUT2D eigenvalue weighted by Crippen LogP contribution is -2.18. The normalized spacial score (nSPS) is 10.4. The summed E-state index contributed by atoms with van der Waals surface area (Å²) in [5.74, 6) is -0.0841. The van der Waals surface area contributed by atoms with Crippen LogP contribution in [-0.4, -0.2) is 22.3 Å². The van der Waals surface area contributed by atoms with E-state index in [1.54, 1.807) is 19.4 Å². The summed E-state index contributed by atoms with van der Waals surface area (Å²) in [6.07, 6.45) is 3.58.